The normalized spacial score (nSPS) is 13.1. The molecule has 2 aromatic carbocycles. The van der Waals surface area contributed by atoms with Crippen LogP contribution in [0.2, 0.25) is 0 Å². The van der Waals surface area contributed by atoms with Crippen molar-refractivity contribution in [2.75, 3.05) is 5.32 Å². The Labute approximate surface area is 185 Å². The van der Waals surface area contributed by atoms with Gasteiger partial charge in [0.15, 0.2) is 5.13 Å². The van der Waals surface area contributed by atoms with Gasteiger partial charge in [-0.3, -0.25) is 14.7 Å². The standard InChI is InChI=1S/C22H25N2O5PS/c1-14(2)28-18-11-16(21(25)24-22-23-9-10-31-22)12-19(13-18)29-17-5-7-20(8-6-17)30(26,27)15(3)4/h5-15H,1-4H3,(H,26,27)(H,23,24,25). The monoisotopic (exact) mass is 460 g/mol. The lowest BCUT2D eigenvalue weighted by molar-refractivity contribution is 0.102. The van der Waals surface area contributed by atoms with Gasteiger partial charge in [-0.1, -0.05) is 13.8 Å². The highest BCUT2D eigenvalue weighted by Gasteiger charge is 2.25. The van der Waals surface area contributed by atoms with Crippen LogP contribution in [0, 0.1) is 0 Å². The molecule has 0 saturated carbocycles. The van der Waals surface area contributed by atoms with E-state index in [0.717, 1.165) is 0 Å². The molecular weight excluding hydrogens is 435 g/mol. The molecule has 0 radical (unpaired) electrons. The van der Waals surface area contributed by atoms with E-state index in [1.165, 1.54) is 11.3 Å². The predicted molar refractivity (Wildman–Crippen MR) is 123 cm³/mol. The smallest absolute Gasteiger partial charge is 0.257 e. The lowest BCUT2D eigenvalue weighted by Crippen LogP contribution is -2.13. The van der Waals surface area contributed by atoms with Gasteiger partial charge in [0.2, 0.25) is 7.37 Å². The highest BCUT2D eigenvalue weighted by molar-refractivity contribution is 7.66. The Morgan fingerprint density at radius 1 is 1.06 bits per heavy atom. The minimum absolute atomic E-state index is 0.0841. The third-order valence-corrected chi connectivity index (χ3v) is 7.44. The number of ether oxygens (including phenoxy) is 2. The maximum absolute atomic E-state index is 12.7. The molecule has 1 amide bonds. The second-order valence-corrected chi connectivity index (χ2v) is 11.2. The molecule has 1 unspecified atom stereocenters. The van der Waals surface area contributed by atoms with Crippen molar-refractivity contribution >= 4 is 35.0 Å². The predicted octanol–water partition coefficient (Wildman–Crippen LogP) is 5.28. The summed E-state index contributed by atoms with van der Waals surface area (Å²) in [6.07, 6.45) is 1.53. The number of aromatic nitrogens is 1. The molecule has 7 nitrogen and oxygen atoms in total. The molecular formula is C22H25N2O5PS. The van der Waals surface area contributed by atoms with Gasteiger partial charge in [0, 0.05) is 34.2 Å². The summed E-state index contributed by atoms with van der Waals surface area (Å²) in [5.74, 6) is 1.04. The van der Waals surface area contributed by atoms with Crippen molar-refractivity contribution in [3.05, 3.63) is 59.6 Å². The molecule has 0 aliphatic rings. The Kier molecular flexibility index (Phi) is 7.15. The summed E-state index contributed by atoms with van der Waals surface area (Å²) in [7, 11) is -3.43. The first-order chi connectivity index (χ1) is 14.6. The molecule has 0 bridgehead atoms. The Balaban J connectivity index is 1.85. The van der Waals surface area contributed by atoms with Crippen molar-refractivity contribution in [1.82, 2.24) is 4.98 Å². The molecule has 2 N–H and O–H groups in total. The van der Waals surface area contributed by atoms with Crippen molar-refractivity contribution < 1.29 is 23.7 Å². The number of nitrogens with zero attached hydrogens (tertiary/aromatic N) is 1. The maximum Gasteiger partial charge on any atom is 0.257 e. The van der Waals surface area contributed by atoms with Crippen molar-refractivity contribution in [3.8, 4) is 17.2 Å². The summed E-state index contributed by atoms with van der Waals surface area (Å²) in [6.45, 7) is 7.21. The summed E-state index contributed by atoms with van der Waals surface area (Å²) in [5, 5.41) is 5.39. The van der Waals surface area contributed by atoms with Gasteiger partial charge in [-0.15, -0.1) is 11.3 Å². The van der Waals surface area contributed by atoms with Gasteiger partial charge in [-0.05, 0) is 50.2 Å². The molecule has 0 spiro atoms. The molecule has 3 aromatic rings. The van der Waals surface area contributed by atoms with Gasteiger partial charge < -0.3 is 14.4 Å². The molecule has 9 heteroatoms. The van der Waals surface area contributed by atoms with Crippen molar-refractivity contribution in [2.45, 2.75) is 39.5 Å². The van der Waals surface area contributed by atoms with Gasteiger partial charge in [-0.2, -0.15) is 0 Å². The van der Waals surface area contributed by atoms with E-state index in [1.807, 2.05) is 13.8 Å². The van der Waals surface area contributed by atoms with Crippen LogP contribution < -0.4 is 20.1 Å². The first-order valence-electron chi connectivity index (χ1n) is 9.78. The quantitative estimate of drug-likeness (QED) is 0.444. The molecule has 164 valence electrons. The van der Waals surface area contributed by atoms with E-state index in [9.17, 15) is 14.3 Å². The first-order valence-corrected chi connectivity index (χ1v) is 12.4. The highest BCUT2D eigenvalue weighted by atomic mass is 32.1. The Hall–Kier alpha value is -2.67. The van der Waals surface area contributed by atoms with Gasteiger partial charge in [-0.25, -0.2) is 4.98 Å². The molecule has 0 aliphatic heterocycles. The van der Waals surface area contributed by atoms with Gasteiger partial charge in [0.1, 0.15) is 17.2 Å². The van der Waals surface area contributed by atoms with Crippen molar-refractivity contribution in [3.63, 3.8) is 0 Å². The zero-order valence-electron chi connectivity index (χ0n) is 17.7. The summed E-state index contributed by atoms with van der Waals surface area (Å²) < 4.78 is 24.1. The zero-order valence-corrected chi connectivity index (χ0v) is 19.4. The van der Waals surface area contributed by atoms with E-state index in [4.69, 9.17) is 9.47 Å². The highest BCUT2D eigenvalue weighted by Crippen LogP contribution is 2.44. The van der Waals surface area contributed by atoms with E-state index in [1.54, 1.807) is 67.9 Å². The number of hydrogen-bond acceptors (Lipinski definition) is 6. The van der Waals surface area contributed by atoms with E-state index < -0.39 is 7.37 Å². The number of rotatable bonds is 8. The number of nitrogens with one attached hydrogen (secondary N) is 1. The van der Waals surface area contributed by atoms with Crippen LogP contribution >= 0.6 is 18.7 Å². The minimum Gasteiger partial charge on any atom is -0.491 e. The van der Waals surface area contributed by atoms with E-state index in [2.05, 4.69) is 10.3 Å². The van der Waals surface area contributed by atoms with E-state index >= 15 is 0 Å². The Morgan fingerprint density at radius 3 is 2.32 bits per heavy atom. The number of hydrogen-bond donors (Lipinski definition) is 2. The zero-order chi connectivity index (χ0) is 22.6. The number of benzene rings is 2. The molecule has 1 heterocycles. The molecule has 1 aromatic heterocycles. The Bertz CT molecular complexity index is 1080. The average Bonchev–Trinajstić information content (AvgIpc) is 3.20. The largest absolute Gasteiger partial charge is 0.491 e. The number of thiazole rings is 1. The summed E-state index contributed by atoms with van der Waals surface area (Å²) >= 11 is 1.32. The maximum atomic E-state index is 12.7. The van der Waals surface area contributed by atoms with Crippen LogP contribution in [-0.2, 0) is 4.57 Å². The fraction of sp³-hybridized carbons (Fsp3) is 0.273. The lowest BCUT2D eigenvalue weighted by atomic mass is 10.2. The summed E-state index contributed by atoms with van der Waals surface area (Å²) in [4.78, 5) is 26.9. The number of carbonyl (C=O) groups is 1. The van der Waals surface area contributed by atoms with Crippen molar-refractivity contribution in [2.24, 2.45) is 0 Å². The lowest BCUT2D eigenvalue weighted by Gasteiger charge is -2.16. The SMILES string of the molecule is CC(C)Oc1cc(Oc2ccc(P(=O)(O)C(C)C)cc2)cc(C(=O)Nc2nccs2)c1. The van der Waals surface area contributed by atoms with Gasteiger partial charge >= 0.3 is 0 Å². The fourth-order valence-corrected chi connectivity index (χ4v) is 4.41. The van der Waals surface area contributed by atoms with Gasteiger partial charge in [0.05, 0.1) is 6.10 Å². The number of amides is 1. The second kappa shape index (κ2) is 9.64. The molecule has 1 atom stereocenters. The Morgan fingerprint density at radius 2 is 1.74 bits per heavy atom. The molecule has 0 saturated heterocycles. The topological polar surface area (TPSA) is 97.8 Å². The average molecular weight is 460 g/mol. The minimum atomic E-state index is -3.43. The van der Waals surface area contributed by atoms with Crippen LogP contribution in [0.5, 0.6) is 17.2 Å². The van der Waals surface area contributed by atoms with Gasteiger partial charge in [0.25, 0.3) is 5.91 Å². The third-order valence-electron chi connectivity index (χ3n) is 4.31. The van der Waals surface area contributed by atoms with Crippen LogP contribution in [0.1, 0.15) is 38.1 Å². The van der Waals surface area contributed by atoms with Crippen LogP contribution in [0.15, 0.2) is 54.0 Å². The fourth-order valence-electron chi connectivity index (χ4n) is 2.72. The summed E-state index contributed by atoms with van der Waals surface area (Å²) in [5.41, 5.74) is -0.0114. The van der Waals surface area contributed by atoms with Crippen LogP contribution in [-0.4, -0.2) is 27.5 Å². The van der Waals surface area contributed by atoms with E-state index in [-0.39, 0.29) is 17.7 Å². The van der Waals surface area contributed by atoms with Crippen molar-refractivity contribution in [1.29, 1.82) is 0 Å². The third kappa shape index (κ3) is 5.94. The molecule has 0 aliphatic carbocycles. The second-order valence-electron chi connectivity index (χ2n) is 7.46. The molecule has 31 heavy (non-hydrogen) atoms. The number of carbonyl (C=O) groups excluding carboxylic acids is 1. The molecule has 3 rings (SSSR count). The van der Waals surface area contributed by atoms with Crippen LogP contribution in [0.25, 0.3) is 0 Å². The number of anilines is 1. The van der Waals surface area contributed by atoms with E-state index in [0.29, 0.717) is 33.2 Å². The summed E-state index contributed by atoms with van der Waals surface area (Å²) in [6, 6.07) is 11.4. The van der Waals surface area contributed by atoms with Crippen LogP contribution in [0.3, 0.4) is 0 Å². The first kappa shape index (κ1) is 23.0. The van der Waals surface area contributed by atoms with Crippen LogP contribution in [0.4, 0.5) is 5.13 Å². The molecule has 0 fully saturated rings.